The number of aromatic nitrogens is 2. The van der Waals surface area contributed by atoms with E-state index in [1.54, 1.807) is 12.3 Å². The number of amides is 2. The lowest BCUT2D eigenvalue weighted by Gasteiger charge is -2.07. The predicted octanol–water partition coefficient (Wildman–Crippen LogP) is 2.33. The minimum atomic E-state index is -0.284. The molecule has 2 amide bonds. The van der Waals surface area contributed by atoms with Crippen molar-refractivity contribution in [3.8, 4) is 0 Å². The molecule has 0 aromatic carbocycles. The SMILES string of the molecule is CCCCCNC(=O)c1cncc(C(=O)NCc2ccccn2)c1. The Morgan fingerprint density at radius 2 is 1.79 bits per heavy atom. The van der Waals surface area contributed by atoms with Crippen LogP contribution in [-0.4, -0.2) is 28.3 Å². The van der Waals surface area contributed by atoms with Crippen molar-refractivity contribution in [3.63, 3.8) is 0 Å². The van der Waals surface area contributed by atoms with Crippen LogP contribution in [0.5, 0.6) is 0 Å². The molecule has 24 heavy (non-hydrogen) atoms. The van der Waals surface area contributed by atoms with Gasteiger partial charge in [-0.05, 0) is 24.6 Å². The Hall–Kier alpha value is -2.76. The largest absolute Gasteiger partial charge is 0.352 e. The minimum absolute atomic E-state index is 0.210. The number of pyridine rings is 2. The molecule has 2 rings (SSSR count). The van der Waals surface area contributed by atoms with Gasteiger partial charge in [0.15, 0.2) is 0 Å². The van der Waals surface area contributed by atoms with Crippen molar-refractivity contribution in [1.29, 1.82) is 0 Å². The molecule has 2 aromatic heterocycles. The zero-order valence-electron chi connectivity index (χ0n) is 13.8. The number of unbranched alkanes of at least 4 members (excludes halogenated alkanes) is 2. The summed E-state index contributed by atoms with van der Waals surface area (Å²) in [7, 11) is 0. The van der Waals surface area contributed by atoms with Crippen molar-refractivity contribution in [3.05, 3.63) is 59.7 Å². The van der Waals surface area contributed by atoms with Crippen molar-refractivity contribution in [2.75, 3.05) is 6.54 Å². The van der Waals surface area contributed by atoms with E-state index in [9.17, 15) is 9.59 Å². The van der Waals surface area contributed by atoms with Gasteiger partial charge in [0.25, 0.3) is 11.8 Å². The Kier molecular flexibility index (Phi) is 6.89. The summed E-state index contributed by atoms with van der Waals surface area (Å²) in [6, 6.07) is 7.06. The molecule has 0 spiro atoms. The van der Waals surface area contributed by atoms with Gasteiger partial charge in [0.05, 0.1) is 23.4 Å². The van der Waals surface area contributed by atoms with Gasteiger partial charge in [-0.25, -0.2) is 0 Å². The molecule has 0 bridgehead atoms. The molecule has 2 aromatic rings. The van der Waals surface area contributed by atoms with Crippen molar-refractivity contribution >= 4 is 11.8 Å². The van der Waals surface area contributed by atoms with Gasteiger partial charge in [0, 0.05) is 25.1 Å². The maximum absolute atomic E-state index is 12.2. The number of nitrogens with zero attached hydrogens (tertiary/aromatic N) is 2. The molecule has 2 N–H and O–H groups in total. The molecule has 2 heterocycles. The number of carbonyl (C=O) groups is 2. The Morgan fingerprint density at radius 1 is 1.04 bits per heavy atom. The summed E-state index contributed by atoms with van der Waals surface area (Å²) in [5, 5.41) is 5.61. The summed E-state index contributed by atoms with van der Waals surface area (Å²) >= 11 is 0. The van der Waals surface area contributed by atoms with Crippen LogP contribution >= 0.6 is 0 Å². The predicted molar refractivity (Wildman–Crippen MR) is 91.5 cm³/mol. The van der Waals surface area contributed by atoms with E-state index in [-0.39, 0.29) is 11.8 Å². The lowest BCUT2D eigenvalue weighted by atomic mass is 10.1. The average Bonchev–Trinajstić information content (AvgIpc) is 2.64. The molecule has 0 saturated carbocycles. The molecule has 0 aliphatic rings. The molecular formula is C18H22N4O2. The maximum atomic E-state index is 12.2. The third-order valence-corrected chi connectivity index (χ3v) is 3.48. The molecule has 126 valence electrons. The van der Waals surface area contributed by atoms with Crippen LogP contribution in [0, 0.1) is 0 Å². The van der Waals surface area contributed by atoms with E-state index in [2.05, 4.69) is 27.5 Å². The van der Waals surface area contributed by atoms with Crippen molar-refractivity contribution < 1.29 is 9.59 Å². The lowest BCUT2D eigenvalue weighted by molar-refractivity contribution is 0.0950. The summed E-state index contributed by atoms with van der Waals surface area (Å²) in [5.41, 5.74) is 1.51. The number of hydrogen-bond donors (Lipinski definition) is 2. The highest BCUT2D eigenvalue weighted by Gasteiger charge is 2.11. The van der Waals surface area contributed by atoms with Gasteiger partial charge in [-0.3, -0.25) is 19.6 Å². The van der Waals surface area contributed by atoms with Gasteiger partial charge in [0.1, 0.15) is 0 Å². The van der Waals surface area contributed by atoms with Gasteiger partial charge in [0.2, 0.25) is 0 Å². The molecule has 6 heteroatoms. The third kappa shape index (κ3) is 5.46. The van der Waals surface area contributed by atoms with Crippen LogP contribution in [0.3, 0.4) is 0 Å². The summed E-state index contributed by atoms with van der Waals surface area (Å²) in [4.78, 5) is 32.4. The van der Waals surface area contributed by atoms with E-state index in [0.29, 0.717) is 24.2 Å². The van der Waals surface area contributed by atoms with Crippen molar-refractivity contribution in [1.82, 2.24) is 20.6 Å². The number of carbonyl (C=O) groups excluding carboxylic acids is 2. The average molecular weight is 326 g/mol. The fourth-order valence-electron chi connectivity index (χ4n) is 2.14. The molecule has 6 nitrogen and oxygen atoms in total. The van der Waals surface area contributed by atoms with Crippen LogP contribution in [0.4, 0.5) is 0 Å². The fourth-order valence-corrected chi connectivity index (χ4v) is 2.14. The molecule has 0 atom stereocenters. The quantitative estimate of drug-likeness (QED) is 0.729. The fraction of sp³-hybridized carbons (Fsp3) is 0.333. The summed E-state index contributed by atoms with van der Waals surface area (Å²) < 4.78 is 0. The monoisotopic (exact) mass is 326 g/mol. The Balaban J connectivity index is 1.91. The molecule has 0 radical (unpaired) electrons. The van der Waals surface area contributed by atoms with E-state index in [1.165, 1.54) is 12.4 Å². The standard InChI is InChI=1S/C18H22N4O2/c1-2-3-5-9-21-17(23)14-10-15(12-19-11-14)18(24)22-13-16-7-4-6-8-20-16/h4,6-8,10-12H,2-3,5,9,13H2,1H3,(H,21,23)(H,22,24). The Bertz CT molecular complexity index is 674. The Morgan fingerprint density at radius 3 is 2.46 bits per heavy atom. The van der Waals surface area contributed by atoms with Crippen LogP contribution < -0.4 is 10.6 Å². The van der Waals surface area contributed by atoms with Crippen LogP contribution in [-0.2, 0) is 6.54 Å². The van der Waals surface area contributed by atoms with Crippen LogP contribution in [0.1, 0.15) is 52.6 Å². The van der Waals surface area contributed by atoms with E-state index < -0.39 is 0 Å². The maximum Gasteiger partial charge on any atom is 0.253 e. The lowest BCUT2D eigenvalue weighted by Crippen LogP contribution is -2.26. The second-order valence-electron chi connectivity index (χ2n) is 5.43. The second-order valence-corrected chi connectivity index (χ2v) is 5.43. The highest BCUT2D eigenvalue weighted by molar-refractivity contribution is 5.99. The van der Waals surface area contributed by atoms with Gasteiger partial charge < -0.3 is 10.6 Å². The summed E-state index contributed by atoms with van der Waals surface area (Å²) in [6.45, 7) is 3.06. The smallest absolute Gasteiger partial charge is 0.253 e. The first kappa shape index (κ1) is 17.6. The molecular weight excluding hydrogens is 304 g/mol. The molecule has 0 fully saturated rings. The number of rotatable bonds is 8. The minimum Gasteiger partial charge on any atom is -0.352 e. The van der Waals surface area contributed by atoms with E-state index in [0.717, 1.165) is 25.0 Å². The first-order chi connectivity index (χ1) is 11.7. The molecule has 0 unspecified atom stereocenters. The van der Waals surface area contributed by atoms with E-state index in [4.69, 9.17) is 0 Å². The molecule has 0 aliphatic heterocycles. The first-order valence-corrected chi connectivity index (χ1v) is 8.12. The van der Waals surface area contributed by atoms with Gasteiger partial charge in [-0.1, -0.05) is 25.8 Å². The van der Waals surface area contributed by atoms with Crippen LogP contribution in [0.25, 0.3) is 0 Å². The van der Waals surface area contributed by atoms with Gasteiger partial charge >= 0.3 is 0 Å². The highest BCUT2D eigenvalue weighted by atomic mass is 16.2. The van der Waals surface area contributed by atoms with Crippen LogP contribution in [0.2, 0.25) is 0 Å². The number of hydrogen-bond acceptors (Lipinski definition) is 4. The molecule has 0 saturated heterocycles. The zero-order valence-corrected chi connectivity index (χ0v) is 13.8. The van der Waals surface area contributed by atoms with Crippen molar-refractivity contribution in [2.45, 2.75) is 32.7 Å². The van der Waals surface area contributed by atoms with Gasteiger partial charge in [-0.15, -0.1) is 0 Å². The second kappa shape index (κ2) is 9.39. The highest BCUT2D eigenvalue weighted by Crippen LogP contribution is 2.04. The van der Waals surface area contributed by atoms with E-state index in [1.807, 2.05) is 18.2 Å². The van der Waals surface area contributed by atoms with Crippen molar-refractivity contribution in [2.24, 2.45) is 0 Å². The zero-order chi connectivity index (χ0) is 17.2. The topological polar surface area (TPSA) is 84.0 Å². The summed E-state index contributed by atoms with van der Waals surface area (Å²) in [6.07, 6.45) is 7.70. The van der Waals surface area contributed by atoms with Crippen LogP contribution in [0.15, 0.2) is 42.9 Å². The third-order valence-electron chi connectivity index (χ3n) is 3.48. The van der Waals surface area contributed by atoms with E-state index >= 15 is 0 Å². The Labute approximate surface area is 141 Å². The molecule has 0 aliphatic carbocycles. The summed E-state index contributed by atoms with van der Waals surface area (Å²) in [5.74, 6) is -0.494. The number of nitrogens with one attached hydrogen (secondary N) is 2. The van der Waals surface area contributed by atoms with Gasteiger partial charge in [-0.2, -0.15) is 0 Å². The normalized spacial score (nSPS) is 10.2. The first-order valence-electron chi connectivity index (χ1n) is 8.12.